The lowest BCUT2D eigenvalue weighted by Gasteiger charge is -2.28. The molecule has 1 aromatic heterocycles. The van der Waals surface area contributed by atoms with E-state index in [2.05, 4.69) is 29.5 Å². The standard InChI is InChI=1S/C26H32N4O5/c1-26(2,18-6-7-21-22(14-18)35-11-10-34-21)16-28-25(31)29-23(24-27-8-9-30(24)3)17-12-19(32-4)15-20(13-17)33-5/h6-9,12-15,23H,10-11,16H2,1-5H3,(H2,28,29,31). The molecular formula is C26H32N4O5. The SMILES string of the molecule is COc1cc(OC)cc(C(NC(=O)NCC(C)(C)c2ccc3c(c2)OCCO3)c2nccn2C)c1. The Labute approximate surface area is 205 Å². The minimum Gasteiger partial charge on any atom is -0.497 e. The van der Waals surface area contributed by atoms with Gasteiger partial charge in [-0.1, -0.05) is 19.9 Å². The van der Waals surface area contributed by atoms with Gasteiger partial charge in [-0.2, -0.15) is 0 Å². The molecule has 0 bridgehead atoms. The van der Waals surface area contributed by atoms with Crippen molar-refractivity contribution >= 4 is 6.03 Å². The van der Waals surface area contributed by atoms with E-state index in [0.29, 0.717) is 37.1 Å². The molecule has 0 saturated heterocycles. The number of imidazole rings is 1. The molecule has 0 spiro atoms. The number of nitrogens with zero attached hydrogens (tertiary/aromatic N) is 2. The van der Waals surface area contributed by atoms with E-state index in [1.165, 1.54) is 0 Å². The van der Waals surface area contributed by atoms with Crippen molar-refractivity contribution in [2.24, 2.45) is 7.05 Å². The molecule has 0 saturated carbocycles. The highest BCUT2D eigenvalue weighted by atomic mass is 16.6. The summed E-state index contributed by atoms with van der Waals surface area (Å²) in [7, 11) is 5.07. The van der Waals surface area contributed by atoms with Gasteiger partial charge in [0.05, 0.1) is 14.2 Å². The van der Waals surface area contributed by atoms with Crippen LogP contribution in [0.25, 0.3) is 0 Å². The first kappa shape index (κ1) is 24.3. The van der Waals surface area contributed by atoms with Gasteiger partial charge in [0, 0.05) is 37.5 Å². The van der Waals surface area contributed by atoms with Gasteiger partial charge < -0.3 is 34.1 Å². The van der Waals surface area contributed by atoms with Crippen molar-refractivity contribution in [3.05, 3.63) is 65.7 Å². The number of nitrogens with one attached hydrogen (secondary N) is 2. The lowest BCUT2D eigenvalue weighted by Crippen LogP contribution is -2.44. The van der Waals surface area contributed by atoms with Gasteiger partial charge in [-0.15, -0.1) is 0 Å². The fraction of sp³-hybridized carbons (Fsp3) is 0.385. The summed E-state index contributed by atoms with van der Waals surface area (Å²) in [4.78, 5) is 17.6. The predicted molar refractivity (Wildman–Crippen MR) is 132 cm³/mol. The van der Waals surface area contributed by atoms with Gasteiger partial charge in [-0.05, 0) is 35.4 Å². The third-order valence-corrected chi connectivity index (χ3v) is 6.11. The molecule has 4 rings (SSSR count). The molecule has 1 atom stereocenters. The Morgan fingerprint density at radius 1 is 1.09 bits per heavy atom. The molecule has 1 aliphatic heterocycles. The van der Waals surface area contributed by atoms with Crippen molar-refractivity contribution in [3.63, 3.8) is 0 Å². The normalized spacial score (nSPS) is 13.6. The maximum Gasteiger partial charge on any atom is 0.315 e. The van der Waals surface area contributed by atoms with E-state index in [1.54, 1.807) is 26.5 Å². The van der Waals surface area contributed by atoms with Gasteiger partial charge in [0.1, 0.15) is 36.6 Å². The van der Waals surface area contributed by atoms with Crippen molar-refractivity contribution in [1.29, 1.82) is 0 Å². The highest BCUT2D eigenvalue weighted by Gasteiger charge is 2.26. The quantitative estimate of drug-likeness (QED) is 0.512. The highest BCUT2D eigenvalue weighted by molar-refractivity contribution is 5.75. The van der Waals surface area contributed by atoms with Crippen molar-refractivity contribution in [3.8, 4) is 23.0 Å². The zero-order valence-electron chi connectivity index (χ0n) is 20.8. The van der Waals surface area contributed by atoms with Crippen molar-refractivity contribution in [1.82, 2.24) is 20.2 Å². The number of aromatic nitrogens is 2. The Bertz CT molecular complexity index is 1170. The molecule has 2 N–H and O–H groups in total. The number of benzene rings is 2. The van der Waals surface area contributed by atoms with Crippen LogP contribution in [-0.4, -0.2) is 49.6 Å². The number of rotatable bonds is 8. The minimum atomic E-state index is -0.517. The maximum absolute atomic E-state index is 13.1. The van der Waals surface area contributed by atoms with E-state index < -0.39 is 6.04 Å². The second-order valence-corrected chi connectivity index (χ2v) is 9.04. The van der Waals surface area contributed by atoms with E-state index in [1.807, 2.05) is 48.1 Å². The summed E-state index contributed by atoms with van der Waals surface area (Å²) in [5.74, 6) is 3.41. The van der Waals surface area contributed by atoms with Crippen molar-refractivity contribution < 1.29 is 23.7 Å². The highest BCUT2D eigenvalue weighted by Crippen LogP contribution is 2.35. The molecule has 1 unspecified atom stereocenters. The summed E-state index contributed by atoms with van der Waals surface area (Å²) in [6.07, 6.45) is 3.54. The predicted octanol–water partition coefficient (Wildman–Crippen LogP) is 3.57. The van der Waals surface area contributed by atoms with Gasteiger partial charge in [0.2, 0.25) is 0 Å². The molecule has 2 heterocycles. The van der Waals surface area contributed by atoms with Crippen molar-refractivity contribution in [2.75, 3.05) is 34.0 Å². The first-order valence-corrected chi connectivity index (χ1v) is 11.5. The third kappa shape index (κ3) is 5.45. The second-order valence-electron chi connectivity index (χ2n) is 9.04. The van der Waals surface area contributed by atoms with Gasteiger partial charge in [0.25, 0.3) is 0 Å². The Kier molecular flexibility index (Phi) is 7.04. The molecule has 9 nitrogen and oxygen atoms in total. The van der Waals surface area contributed by atoms with Crippen LogP contribution in [0.1, 0.15) is 36.8 Å². The second kappa shape index (κ2) is 10.2. The molecule has 9 heteroatoms. The smallest absolute Gasteiger partial charge is 0.315 e. The van der Waals surface area contributed by atoms with E-state index in [-0.39, 0.29) is 11.4 Å². The zero-order chi connectivity index (χ0) is 25.0. The van der Waals surface area contributed by atoms with E-state index in [0.717, 1.165) is 22.6 Å². The average Bonchev–Trinajstić information content (AvgIpc) is 3.30. The van der Waals surface area contributed by atoms with Gasteiger partial charge in [0.15, 0.2) is 11.5 Å². The molecule has 2 amide bonds. The number of fused-ring (bicyclic) bond motifs is 1. The van der Waals surface area contributed by atoms with Gasteiger partial charge in [-0.3, -0.25) is 0 Å². The Morgan fingerprint density at radius 3 is 2.40 bits per heavy atom. The molecule has 1 aliphatic rings. The van der Waals surface area contributed by atoms with Crippen LogP contribution >= 0.6 is 0 Å². The van der Waals surface area contributed by atoms with Gasteiger partial charge in [-0.25, -0.2) is 9.78 Å². The first-order chi connectivity index (χ1) is 16.8. The molecule has 186 valence electrons. The topological polar surface area (TPSA) is 95.9 Å². The van der Waals surface area contributed by atoms with Crippen LogP contribution in [-0.2, 0) is 12.5 Å². The van der Waals surface area contributed by atoms with Crippen molar-refractivity contribution in [2.45, 2.75) is 25.3 Å². The molecule has 0 aliphatic carbocycles. The molecule has 0 fully saturated rings. The van der Waals surface area contributed by atoms with Crippen LogP contribution in [0.15, 0.2) is 48.8 Å². The number of ether oxygens (including phenoxy) is 4. The summed E-state index contributed by atoms with van der Waals surface area (Å²) in [5.41, 5.74) is 1.49. The summed E-state index contributed by atoms with van der Waals surface area (Å²) in [6.45, 7) is 5.63. The fourth-order valence-corrected chi connectivity index (χ4v) is 4.00. The minimum absolute atomic E-state index is 0.314. The molecule has 0 radical (unpaired) electrons. The van der Waals surface area contributed by atoms with Gasteiger partial charge >= 0.3 is 6.03 Å². The number of urea groups is 1. The van der Waals surface area contributed by atoms with E-state index >= 15 is 0 Å². The fourth-order valence-electron chi connectivity index (χ4n) is 4.00. The Morgan fingerprint density at radius 2 is 1.77 bits per heavy atom. The first-order valence-electron chi connectivity index (χ1n) is 11.5. The number of aryl methyl sites for hydroxylation is 1. The van der Waals surface area contributed by atoms with Crippen LogP contribution in [0.3, 0.4) is 0 Å². The largest absolute Gasteiger partial charge is 0.497 e. The number of amides is 2. The average molecular weight is 481 g/mol. The number of carbonyl (C=O) groups is 1. The molecule has 3 aromatic rings. The Hall–Kier alpha value is -3.88. The molecule has 35 heavy (non-hydrogen) atoms. The van der Waals surface area contributed by atoms with Crippen LogP contribution in [0, 0.1) is 0 Å². The van der Waals surface area contributed by atoms with Crippen LogP contribution in [0.5, 0.6) is 23.0 Å². The lowest BCUT2D eigenvalue weighted by atomic mass is 9.84. The summed E-state index contributed by atoms with van der Waals surface area (Å²) >= 11 is 0. The zero-order valence-corrected chi connectivity index (χ0v) is 20.8. The lowest BCUT2D eigenvalue weighted by molar-refractivity contribution is 0.171. The monoisotopic (exact) mass is 480 g/mol. The molecular weight excluding hydrogens is 448 g/mol. The summed E-state index contributed by atoms with van der Waals surface area (Å²) in [6, 6.07) is 10.6. The number of methoxy groups -OCH3 is 2. The van der Waals surface area contributed by atoms with Crippen LogP contribution in [0.4, 0.5) is 4.79 Å². The van der Waals surface area contributed by atoms with Crippen LogP contribution in [0.2, 0.25) is 0 Å². The molecule has 2 aromatic carbocycles. The third-order valence-electron chi connectivity index (χ3n) is 6.11. The maximum atomic E-state index is 13.1. The summed E-state index contributed by atoms with van der Waals surface area (Å²) in [5, 5.41) is 6.08. The number of hydrogen-bond acceptors (Lipinski definition) is 6. The van der Waals surface area contributed by atoms with Crippen LogP contribution < -0.4 is 29.6 Å². The van der Waals surface area contributed by atoms with E-state index in [4.69, 9.17) is 18.9 Å². The Balaban J connectivity index is 1.51. The number of carbonyl (C=O) groups excluding carboxylic acids is 1. The summed E-state index contributed by atoms with van der Waals surface area (Å²) < 4.78 is 24.1. The van der Waals surface area contributed by atoms with E-state index in [9.17, 15) is 4.79 Å². The number of hydrogen-bond donors (Lipinski definition) is 2.